The van der Waals surface area contributed by atoms with Crippen LogP contribution in [-0.2, 0) is 12.8 Å². The monoisotopic (exact) mass is 270 g/mol. The Morgan fingerprint density at radius 2 is 1.80 bits per heavy atom. The van der Waals surface area contributed by atoms with E-state index in [9.17, 15) is 0 Å². The van der Waals surface area contributed by atoms with Crippen LogP contribution in [0.3, 0.4) is 0 Å². The van der Waals surface area contributed by atoms with Gasteiger partial charge in [-0.05, 0) is 24.5 Å². The Labute approximate surface area is 120 Å². The Morgan fingerprint density at radius 1 is 1.05 bits per heavy atom. The predicted octanol–water partition coefficient (Wildman–Crippen LogP) is 3.78. The smallest absolute Gasteiger partial charge is 0.139 e. The van der Waals surface area contributed by atoms with Crippen molar-refractivity contribution >= 4 is 17.3 Å². The molecule has 0 aliphatic carbocycles. The van der Waals surface area contributed by atoms with Crippen LogP contribution >= 0.6 is 0 Å². The number of nitrogens with one attached hydrogen (secondary N) is 2. The van der Waals surface area contributed by atoms with E-state index in [1.165, 1.54) is 5.56 Å². The van der Waals surface area contributed by atoms with Crippen LogP contribution in [0.5, 0.6) is 0 Å². The molecule has 0 aliphatic rings. The molecule has 0 aliphatic heterocycles. The first-order valence-electron chi connectivity index (χ1n) is 7.16. The van der Waals surface area contributed by atoms with Crippen LogP contribution in [0, 0.1) is 0 Å². The minimum atomic E-state index is 0.895. The molecule has 1 aromatic heterocycles. The van der Waals surface area contributed by atoms with Crippen LogP contribution in [0.15, 0.2) is 30.6 Å². The summed E-state index contributed by atoms with van der Waals surface area (Å²) in [4.78, 5) is 8.71. The summed E-state index contributed by atoms with van der Waals surface area (Å²) in [5.41, 5.74) is 3.55. The first-order chi connectivity index (χ1) is 9.80. The highest BCUT2D eigenvalue weighted by Gasteiger charge is 2.11. The molecule has 0 atom stereocenters. The van der Waals surface area contributed by atoms with Crippen LogP contribution in [0.1, 0.15) is 31.4 Å². The number of hydrogen-bond acceptors (Lipinski definition) is 4. The molecule has 20 heavy (non-hydrogen) atoms. The van der Waals surface area contributed by atoms with E-state index in [-0.39, 0.29) is 0 Å². The van der Waals surface area contributed by atoms with Gasteiger partial charge in [-0.3, -0.25) is 0 Å². The average molecular weight is 270 g/mol. The average Bonchev–Trinajstić information content (AvgIpc) is 2.49. The highest BCUT2D eigenvalue weighted by Crippen LogP contribution is 2.26. The van der Waals surface area contributed by atoms with Crippen LogP contribution in [-0.4, -0.2) is 17.0 Å². The van der Waals surface area contributed by atoms with Gasteiger partial charge >= 0.3 is 0 Å². The van der Waals surface area contributed by atoms with Crippen molar-refractivity contribution in [1.82, 2.24) is 9.97 Å². The molecule has 2 aromatic rings. The third-order valence-electron chi connectivity index (χ3n) is 3.33. The van der Waals surface area contributed by atoms with Gasteiger partial charge in [-0.15, -0.1) is 0 Å². The Balaban J connectivity index is 2.37. The third-order valence-corrected chi connectivity index (χ3v) is 3.33. The summed E-state index contributed by atoms with van der Waals surface area (Å²) in [6, 6.07) is 8.34. The summed E-state index contributed by atoms with van der Waals surface area (Å²) in [6.45, 7) is 4.32. The van der Waals surface area contributed by atoms with E-state index in [0.29, 0.717) is 0 Å². The second-order valence-corrected chi connectivity index (χ2v) is 4.69. The van der Waals surface area contributed by atoms with Crippen molar-refractivity contribution in [2.45, 2.75) is 33.1 Å². The van der Waals surface area contributed by atoms with E-state index < -0.39 is 0 Å². The number of hydrogen-bond donors (Lipinski definition) is 2. The predicted molar refractivity (Wildman–Crippen MR) is 84.7 cm³/mol. The maximum Gasteiger partial charge on any atom is 0.139 e. The molecule has 1 aromatic carbocycles. The van der Waals surface area contributed by atoms with E-state index in [1.54, 1.807) is 6.33 Å². The second-order valence-electron chi connectivity index (χ2n) is 4.69. The zero-order valence-electron chi connectivity index (χ0n) is 12.4. The number of anilines is 3. The molecular weight excluding hydrogens is 248 g/mol. The molecule has 0 amide bonds. The second kappa shape index (κ2) is 6.89. The van der Waals surface area contributed by atoms with Crippen molar-refractivity contribution in [2.75, 3.05) is 17.7 Å². The molecule has 4 nitrogen and oxygen atoms in total. The molecular formula is C16H22N4. The van der Waals surface area contributed by atoms with E-state index in [1.807, 2.05) is 13.1 Å². The van der Waals surface area contributed by atoms with Crippen LogP contribution in [0.2, 0.25) is 0 Å². The largest absolute Gasteiger partial charge is 0.373 e. The molecule has 2 N–H and O–H groups in total. The lowest BCUT2D eigenvalue weighted by Gasteiger charge is -2.15. The Kier molecular flexibility index (Phi) is 4.93. The minimum Gasteiger partial charge on any atom is -0.373 e. The molecule has 0 fully saturated rings. The van der Waals surface area contributed by atoms with Gasteiger partial charge in [0.05, 0.1) is 0 Å². The van der Waals surface area contributed by atoms with Gasteiger partial charge in [-0.1, -0.05) is 38.5 Å². The van der Waals surface area contributed by atoms with Gasteiger partial charge < -0.3 is 10.6 Å². The lowest BCUT2D eigenvalue weighted by molar-refractivity contribution is 0.905. The number of aromatic nitrogens is 2. The van der Waals surface area contributed by atoms with Crippen LogP contribution < -0.4 is 10.6 Å². The van der Waals surface area contributed by atoms with Crippen molar-refractivity contribution in [3.8, 4) is 0 Å². The van der Waals surface area contributed by atoms with Crippen molar-refractivity contribution in [3.63, 3.8) is 0 Å². The fourth-order valence-electron chi connectivity index (χ4n) is 2.30. The highest BCUT2D eigenvalue weighted by atomic mass is 15.1. The molecule has 1 heterocycles. The van der Waals surface area contributed by atoms with Crippen molar-refractivity contribution in [2.24, 2.45) is 0 Å². The zero-order chi connectivity index (χ0) is 14.4. The van der Waals surface area contributed by atoms with Crippen molar-refractivity contribution in [3.05, 3.63) is 41.7 Å². The van der Waals surface area contributed by atoms with Gasteiger partial charge in [0.15, 0.2) is 0 Å². The van der Waals surface area contributed by atoms with Crippen LogP contribution in [0.4, 0.5) is 17.3 Å². The topological polar surface area (TPSA) is 49.8 Å². The standard InChI is InChI=1S/C16H22N4/c1-4-8-13-15(17-3)18-11-19-16(13)20-14-10-7-6-9-12(14)5-2/h6-7,9-11H,4-5,8H2,1-3H3,(H2,17,18,19,20). The fraction of sp³-hybridized carbons (Fsp3) is 0.375. The molecule has 106 valence electrons. The lowest BCUT2D eigenvalue weighted by Crippen LogP contribution is -2.06. The van der Waals surface area contributed by atoms with Gasteiger partial charge in [-0.2, -0.15) is 0 Å². The van der Waals surface area contributed by atoms with Gasteiger partial charge in [0.2, 0.25) is 0 Å². The summed E-state index contributed by atoms with van der Waals surface area (Å²) in [6.07, 6.45) is 4.61. The molecule has 0 saturated heterocycles. The summed E-state index contributed by atoms with van der Waals surface area (Å²) in [5.74, 6) is 1.80. The summed E-state index contributed by atoms with van der Waals surface area (Å²) in [7, 11) is 1.89. The fourth-order valence-corrected chi connectivity index (χ4v) is 2.30. The third kappa shape index (κ3) is 3.07. The Bertz CT molecular complexity index is 566. The molecule has 0 saturated carbocycles. The number of para-hydroxylation sites is 1. The van der Waals surface area contributed by atoms with E-state index in [2.05, 4.69) is 52.6 Å². The Hall–Kier alpha value is -2.10. The highest BCUT2D eigenvalue weighted by molar-refractivity contribution is 5.67. The van der Waals surface area contributed by atoms with E-state index in [0.717, 1.165) is 42.1 Å². The van der Waals surface area contributed by atoms with Gasteiger partial charge in [0, 0.05) is 18.3 Å². The molecule has 0 unspecified atom stereocenters. The SMILES string of the molecule is CCCc1c(NC)ncnc1Nc1ccccc1CC. The van der Waals surface area contributed by atoms with Crippen molar-refractivity contribution in [1.29, 1.82) is 0 Å². The quantitative estimate of drug-likeness (QED) is 0.838. The normalized spacial score (nSPS) is 10.3. The first-order valence-corrected chi connectivity index (χ1v) is 7.16. The molecule has 2 rings (SSSR count). The minimum absolute atomic E-state index is 0.895. The zero-order valence-corrected chi connectivity index (χ0v) is 12.4. The number of aryl methyl sites for hydroxylation is 1. The Morgan fingerprint density at radius 3 is 2.50 bits per heavy atom. The number of nitrogens with zero attached hydrogens (tertiary/aromatic N) is 2. The summed E-state index contributed by atoms with van der Waals surface area (Å²) in [5, 5.41) is 6.60. The maximum atomic E-state index is 4.41. The lowest BCUT2D eigenvalue weighted by atomic mass is 10.1. The molecule has 0 spiro atoms. The van der Waals surface area contributed by atoms with Gasteiger partial charge in [-0.25, -0.2) is 9.97 Å². The summed E-state index contributed by atoms with van der Waals surface area (Å²) < 4.78 is 0. The summed E-state index contributed by atoms with van der Waals surface area (Å²) >= 11 is 0. The van der Waals surface area contributed by atoms with Gasteiger partial charge in [0.1, 0.15) is 18.0 Å². The number of benzene rings is 1. The molecule has 4 heteroatoms. The molecule has 0 bridgehead atoms. The van der Waals surface area contributed by atoms with Crippen molar-refractivity contribution < 1.29 is 0 Å². The number of rotatable bonds is 6. The maximum absolute atomic E-state index is 4.41. The van der Waals surface area contributed by atoms with E-state index in [4.69, 9.17) is 0 Å². The first kappa shape index (κ1) is 14.3. The molecule has 0 radical (unpaired) electrons. The van der Waals surface area contributed by atoms with E-state index >= 15 is 0 Å². The van der Waals surface area contributed by atoms with Crippen LogP contribution in [0.25, 0.3) is 0 Å². The van der Waals surface area contributed by atoms with Gasteiger partial charge in [0.25, 0.3) is 0 Å².